The molecule has 2 aliphatic heterocycles. The molecule has 0 unspecified atom stereocenters. The third kappa shape index (κ3) is 4.35. The first-order valence-corrected chi connectivity index (χ1v) is 10.0. The molecule has 138 valence electrons. The first kappa shape index (κ1) is 17.7. The van der Waals surface area contributed by atoms with Crippen LogP contribution in [0.25, 0.3) is 0 Å². The van der Waals surface area contributed by atoms with Crippen LogP contribution < -0.4 is 0 Å². The molecule has 2 aromatic rings. The molecular weight excluding hydrogens is 320 g/mol. The van der Waals surface area contributed by atoms with Crippen LogP contribution in [0.2, 0.25) is 0 Å². The van der Waals surface area contributed by atoms with Crippen molar-refractivity contribution in [2.24, 2.45) is 0 Å². The number of hydrogen-bond donors (Lipinski definition) is 1. The van der Waals surface area contributed by atoms with Crippen molar-refractivity contribution in [3.63, 3.8) is 0 Å². The Morgan fingerprint density at radius 1 is 0.846 bits per heavy atom. The lowest BCUT2D eigenvalue weighted by atomic mass is 9.99. The maximum absolute atomic E-state index is 10.1. The summed E-state index contributed by atoms with van der Waals surface area (Å²) in [7, 11) is 0. The molecule has 2 saturated heterocycles. The van der Waals surface area contributed by atoms with Crippen LogP contribution in [0.3, 0.4) is 0 Å². The van der Waals surface area contributed by atoms with Gasteiger partial charge in [-0.1, -0.05) is 60.7 Å². The highest BCUT2D eigenvalue weighted by molar-refractivity contribution is 5.17. The molecule has 2 fully saturated rings. The van der Waals surface area contributed by atoms with Gasteiger partial charge in [0.1, 0.15) is 0 Å². The highest BCUT2D eigenvalue weighted by Crippen LogP contribution is 2.27. The zero-order valence-corrected chi connectivity index (χ0v) is 15.5. The van der Waals surface area contributed by atoms with Gasteiger partial charge in [-0.2, -0.15) is 0 Å². The first-order chi connectivity index (χ1) is 12.8. The Bertz CT molecular complexity index is 675. The lowest BCUT2D eigenvalue weighted by molar-refractivity contribution is 0.0493. The highest BCUT2D eigenvalue weighted by atomic mass is 16.3. The number of rotatable bonds is 6. The number of aryl methyl sites for hydroxylation is 1. The second-order valence-electron chi connectivity index (χ2n) is 7.92. The topological polar surface area (TPSA) is 26.7 Å². The molecule has 3 nitrogen and oxygen atoms in total. The molecule has 1 N–H and O–H groups in total. The van der Waals surface area contributed by atoms with Crippen molar-refractivity contribution in [2.75, 3.05) is 26.2 Å². The zero-order valence-electron chi connectivity index (χ0n) is 15.5. The molecule has 2 aliphatic rings. The second-order valence-corrected chi connectivity index (χ2v) is 7.92. The van der Waals surface area contributed by atoms with E-state index in [0.29, 0.717) is 12.1 Å². The molecule has 2 aromatic carbocycles. The molecule has 0 spiro atoms. The molecule has 0 aliphatic carbocycles. The fourth-order valence-electron chi connectivity index (χ4n) is 4.66. The first-order valence-electron chi connectivity index (χ1n) is 10.0. The zero-order chi connectivity index (χ0) is 17.8. The van der Waals surface area contributed by atoms with Crippen LogP contribution in [0.5, 0.6) is 0 Å². The van der Waals surface area contributed by atoms with Gasteiger partial charge in [0.2, 0.25) is 0 Å². The van der Waals surface area contributed by atoms with Crippen molar-refractivity contribution in [2.45, 2.75) is 43.9 Å². The third-order valence-corrected chi connectivity index (χ3v) is 5.98. The summed E-state index contributed by atoms with van der Waals surface area (Å²) in [5.74, 6) is 0. The van der Waals surface area contributed by atoms with Gasteiger partial charge >= 0.3 is 0 Å². The highest BCUT2D eigenvalue weighted by Gasteiger charge is 2.39. The molecule has 0 bridgehead atoms. The lowest BCUT2D eigenvalue weighted by Crippen LogP contribution is -2.56. The Hall–Kier alpha value is -1.68. The van der Waals surface area contributed by atoms with Crippen LogP contribution in [-0.4, -0.2) is 59.3 Å². The molecule has 3 atom stereocenters. The van der Waals surface area contributed by atoms with E-state index in [-0.39, 0.29) is 6.10 Å². The summed E-state index contributed by atoms with van der Waals surface area (Å²) >= 11 is 0. The Kier molecular flexibility index (Phi) is 5.68. The van der Waals surface area contributed by atoms with E-state index in [1.54, 1.807) is 0 Å². The molecular formula is C23H30N2O. The molecule has 0 aromatic heterocycles. The average Bonchev–Trinajstić information content (AvgIpc) is 3.02. The maximum Gasteiger partial charge on any atom is 0.0682 e. The van der Waals surface area contributed by atoms with Gasteiger partial charge in [0.15, 0.2) is 0 Å². The van der Waals surface area contributed by atoms with E-state index >= 15 is 0 Å². The molecule has 2 heterocycles. The van der Waals surface area contributed by atoms with Crippen molar-refractivity contribution in [3.05, 3.63) is 71.8 Å². The predicted octanol–water partition coefficient (Wildman–Crippen LogP) is 2.98. The Balaban J connectivity index is 1.40. The molecule has 4 rings (SSSR count). The summed E-state index contributed by atoms with van der Waals surface area (Å²) in [4.78, 5) is 5.21. The largest absolute Gasteiger partial charge is 0.392 e. The van der Waals surface area contributed by atoms with E-state index in [1.807, 2.05) is 0 Å². The van der Waals surface area contributed by atoms with E-state index < -0.39 is 0 Å². The van der Waals surface area contributed by atoms with Crippen molar-refractivity contribution >= 4 is 0 Å². The quantitative estimate of drug-likeness (QED) is 0.868. The summed E-state index contributed by atoms with van der Waals surface area (Å²) in [5, 5.41) is 10.1. The maximum atomic E-state index is 10.1. The molecule has 0 amide bonds. The van der Waals surface area contributed by atoms with Gasteiger partial charge in [0.25, 0.3) is 0 Å². The summed E-state index contributed by atoms with van der Waals surface area (Å²) in [6.45, 7) is 4.19. The van der Waals surface area contributed by atoms with E-state index in [9.17, 15) is 5.11 Å². The number of hydrogen-bond acceptors (Lipinski definition) is 3. The van der Waals surface area contributed by atoms with E-state index in [2.05, 4.69) is 70.5 Å². The van der Waals surface area contributed by atoms with Gasteiger partial charge in [0, 0.05) is 31.7 Å². The lowest BCUT2D eigenvalue weighted by Gasteiger charge is -2.44. The minimum atomic E-state index is -0.137. The predicted molar refractivity (Wildman–Crippen MR) is 106 cm³/mol. The van der Waals surface area contributed by atoms with Crippen LogP contribution in [-0.2, 0) is 12.8 Å². The smallest absolute Gasteiger partial charge is 0.0682 e. The number of fused-ring (bicyclic) bond motifs is 1. The number of piperazine rings is 1. The summed E-state index contributed by atoms with van der Waals surface area (Å²) in [6.07, 6.45) is 4.25. The van der Waals surface area contributed by atoms with Gasteiger partial charge in [-0.15, -0.1) is 0 Å². The Morgan fingerprint density at radius 3 is 2.27 bits per heavy atom. The van der Waals surface area contributed by atoms with Crippen LogP contribution in [0, 0.1) is 0 Å². The van der Waals surface area contributed by atoms with Gasteiger partial charge in [-0.25, -0.2) is 0 Å². The third-order valence-electron chi connectivity index (χ3n) is 5.98. The molecule has 0 saturated carbocycles. The fraction of sp³-hybridized carbons (Fsp3) is 0.478. The monoisotopic (exact) mass is 350 g/mol. The van der Waals surface area contributed by atoms with Crippen LogP contribution in [0.1, 0.15) is 24.0 Å². The normalized spacial score (nSPS) is 26.7. The van der Waals surface area contributed by atoms with E-state index in [0.717, 1.165) is 45.4 Å². The van der Waals surface area contributed by atoms with E-state index in [1.165, 1.54) is 17.5 Å². The van der Waals surface area contributed by atoms with Crippen molar-refractivity contribution in [3.8, 4) is 0 Å². The second kappa shape index (κ2) is 8.34. The van der Waals surface area contributed by atoms with Crippen molar-refractivity contribution in [1.82, 2.24) is 9.80 Å². The van der Waals surface area contributed by atoms with Gasteiger partial charge in [0.05, 0.1) is 6.10 Å². The Morgan fingerprint density at radius 2 is 1.54 bits per heavy atom. The standard InChI is InChI=1S/C23H30N2O/c26-23-15-22-16-24(13-7-12-19-8-3-1-4-9-19)21(17-25(22)18-23)14-20-10-5-2-6-11-20/h1-6,8-11,21-23,26H,7,12-18H2/t21-,22-,23+/m0/s1. The molecule has 26 heavy (non-hydrogen) atoms. The summed E-state index contributed by atoms with van der Waals surface area (Å²) < 4.78 is 0. The summed E-state index contributed by atoms with van der Waals surface area (Å²) in [5.41, 5.74) is 2.85. The summed E-state index contributed by atoms with van der Waals surface area (Å²) in [6, 6.07) is 22.8. The van der Waals surface area contributed by atoms with E-state index in [4.69, 9.17) is 0 Å². The number of aliphatic hydroxyl groups is 1. The molecule has 0 radical (unpaired) electrons. The average molecular weight is 351 g/mol. The molecule has 3 heteroatoms. The number of nitrogens with zero attached hydrogens (tertiary/aromatic N) is 2. The fourth-order valence-corrected chi connectivity index (χ4v) is 4.66. The van der Waals surface area contributed by atoms with Crippen LogP contribution in [0.15, 0.2) is 60.7 Å². The minimum absolute atomic E-state index is 0.137. The van der Waals surface area contributed by atoms with Crippen molar-refractivity contribution < 1.29 is 5.11 Å². The van der Waals surface area contributed by atoms with Gasteiger partial charge in [-0.05, 0) is 43.4 Å². The van der Waals surface area contributed by atoms with Crippen LogP contribution >= 0.6 is 0 Å². The van der Waals surface area contributed by atoms with Gasteiger partial charge < -0.3 is 5.11 Å². The Labute approximate surface area is 157 Å². The van der Waals surface area contributed by atoms with Crippen molar-refractivity contribution in [1.29, 1.82) is 0 Å². The number of benzene rings is 2. The van der Waals surface area contributed by atoms with Gasteiger partial charge in [-0.3, -0.25) is 9.80 Å². The number of aliphatic hydroxyl groups excluding tert-OH is 1. The minimum Gasteiger partial charge on any atom is -0.392 e. The SMILES string of the molecule is O[C@@H]1C[C@H]2CN(CCCc3ccccc3)[C@@H](Cc3ccccc3)CN2C1. The van der Waals surface area contributed by atoms with Crippen LogP contribution in [0.4, 0.5) is 0 Å².